The van der Waals surface area contributed by atoms with Gasteiger partial charge in [-0.1, -0.05) is 0 Å². The summed E-state index contributed by atoms with van der Waals surface area (Å²) >= 11 is 0. The Morgan fingerprint density at radius 1 is 1.33 bits per heavy atom. The van der Waals surface area contributed by atoms with Gasteiger partial charge in [0.15, 0.2) is 0 Å². The number of hydrogen-bond acceptors (Lipinski definition) is 4. The van der Waals surface area contributed by atoms with E-state index in [1.807, 2.05) is 0 Å². The second-order valence-electron chi connectivity index (χ2n) is 4.56. The van der Waals surface area contributed by atoms with Gasteiger partial charge in [-0.3, -0.25) is 4.79 Å². The number of rotatable bonds is 3. The maximum atomic E-state index is 12.5. The van der Waals surface area contributed by atoms with Gasteiger partial charge in [-0.2, -0.15) is 13.2 Å². The molecule has 0 bridgehead atoms. The number of nitrogens with one attached hydrogen (secondary N) is 2. The molecular weight excluding hydrogens is 285 g/mol. The molecule has 0 aliphatic carbocycles. The van der Waals surface area contributed by atoms with E-state index in [-0.39, 0.29) is 18.1 Å². The maximum Gasteiger partial charge on any atom is 0.433 e. The van der Waals surface area contributed by atoms with Gasteiger partial charge in [-0.25, -0.2) is 9.97 Å². The molecule has 2 aromatic heterocycles. The molecule has 0 amide bonds. The molecule has 8 heteroatoms. The van der Waals surface area contributed by atoms with Crippen LogP contribution in [0.5, 0.6) is 0 Å². The number of alkyl halides is 3. The number of H-pyrrole nitrogens is 1. The topological polar surface area (TPSA) is 70.7 Å². The van der Waals surface area contributed by atoms with Crippen molar-refractivity contribution in [3.8, 4) is 0 Å². The summed E-state index contributed by atoms with van der Waals surface area (Å²) in [5.41, 5.74) is 0.579. The molecule has 0 unspecified atom stereocenters. The Morgan fingerprint density at radius 2 is 2.05 bits per heavy atom. The first-order valence-corrected chi connectivity index (χ1v) is 6.11. The summed E-state index contributed by atoms with van der Waals surface area (Å²) in [7, 11) is 0. The number of nitrogens with zero attached hydrogens (tertiary/aromatic N) is 2. The van der Waals surface area contributed by atoms with Crippen LogP contribution in [0.25, 0.3) is 0 Å². The molecule has 5 nitrogen and oxygen atoms in total. The second-order valence-corrected chi connectivity index (χ2v) is 4.56. The van der Waals surface area contributed by atoms with Gasteiger partial charge in [0, 0.05) is 24.0 Å². The Hall–Kier alpha value is -2.38. The normalized spacial score (nSPS) is 11.5. The average Bonchev–Trinajstić information content (AvgIpc) is 2.36. The van der Waals surface area contributed by atoms with Crippen molar-refractivity contribution < 1.29 is 13.2 Å². The predicted molar refractivity (Wildman–Crippen MR) is 70.9 cm³/mol. The lowest BCUT2D eigenvalue weighted by molar-refractivity contribution is -0.141. The third-order valence-corrected chi connectivity index (χ3v) is 2.86. The van der Waals surface area contributed by atoms with Crippen LogP contribution < -0.4 is 10.9 Å². The monoisotopic (exact) mass is 298 g/mol. The summed E-state index contributed by atoms with van der Waals surface area (Å²) in [5, 5.41) is 2.63. The lowest BCUT2D eigenvalue weighted by Gasteiger charge is -2.10. The molecule has 0 aliphatic rings. The number of aromatic nitrogens is 3. The van der Waals surface area contributed by atoms with Crippen LogP contribution in [-0.2, 0) is 12.7 Å². The molecule has 2 rings (SSSR count). The summed E-state index contributed by atoms with van der Waals surface area (Å²) in [6.45, 7) is 3.55. The number of halogens is 3. The van der Waals surface area contributed by atoms with E-state index in [9.17, 15) is 18.0 Å². The highest BCUT2D eigenvalue weighted by atomic mass is 19.4. The average molecular weight is 298 g/mol. The van der Waals surface area contributed by atoms with Gasteiger partial charge >= 0.3 is 6.18 Å². The third-order valence-electron chi connectivity index (χ3n) is 2.86. The molecule has 0 aromatic carbocycles. The van der Waals surface area contributed by atoms with Crippen LogP contribution in [0.4, 0.5) is 19.1 Å². The van der Waals surface area contributed by atoms with E-state index in [2.05, 4.69) is 20.3 Å². The fourth-order valence-corrected chi connectivity index (χ4v) is 1.87. The van der Waals surface area contributed by atoms with E-state index in [1.165, 1.54) is 0 Å². The number of hydrogen-bond donors (Lipinski definition) is 2. The Bertz CT molecular complexity index is 709. The zero-order valence-corrected chi connectivity index (χ0v) is 11.4. The fourth-order valence-electron chi connectivity index (χ4n) is 1.87. The molecule has 0 fully saturated rings. The van der Waals surface area contributed by atoms with Gasteiger partial charge in [0.2, 0.25) is 5.95 Å². The minimum absolute atomic E-state index is 0.0444. The second kappa shape index (κ2) is 5.55. The van der Waals surface area contributed by atoms with E-state index >= 15 is 0 Å². The van der Waals surface area contributed by atoms with E-state index in [4.69, 9.17) is 0 Å². The summed E-state index contributed by atoms with van der Waals surface area (Å²) in [4.78, 5) is 21.5. The molecule has 2 N–H and O–H groups in total. The Labute approximate surface area is 118 Å². The molecule has 0 spiro atoms. The van der Waals surface area contributed by atoms with Gasteiger partial charge < -0.3 is 10.3 Å². The number of pyridine rings is 1. The molecule has 0 saturated heterocycles. The summed E-state index contributed by atoms with van der Waals surface area (Å²) < 4.78 is 37.6. The summed E-state index contributed by atoms with van der Waals surface area (Å²) in [6, 6.07) is 2.57. The number of anilines is 1. The molecule has 0 atom stereocenters. The van der Waals surface area contributed by atoms with Crippen LogP contribution in [0.3, 0.4) is 0 Å². The van der Waals surface area contributed by atoms with Crippen LogP contribution in [0, 0.1) is 13.8 Å². The molecule has 0 aliphatic heterocycles. The third kappa shape index (κ3) is 3.59. The predicted octanol–water partition coefficient (Wildman–Crippen LogP) is 2.41. The van der Waals surface area contributed by atoms with Crippen molar-refractivity contribution in [2.45, 2.75) is 26.6 Å². The first kappa shape index (κ1) is 15.0. The molecule has 2 aromatic rings. The SMILES string of the molecule is Cc1cc(C)c(CNc2nccc(C(F)(F)F)n2)c(=O)[nH]1. The quantitative estimate of drug-likeness (QED) is 0.913. The highest BCUT2D eigenvalue weighted by Gasteiger charge is 2.32. The van der Waals surface area contributed by atoms with E-state index < -0.39 is 11.9 Å². The van der Waals surface area contributed by atoms with Crippen LogP contribution in [0.2, 0.25) is 0 Å². The Kier molecular flexibility index (Phi) is 3.97. The molecule has 112 valence electrons. The zero-order valence-electron chi connectivity index (χ0n) is 11.4. The molecular formula is C13H13F3N4O. The first-order chi connectivity index (χ1) is 9.77. The fraction of sp³-hybridized carbons (Fsp3) is 0.308. The van der Waals surface area contributed by atoms with Crippen molar-refractivity contribution in [1.29, 1.82) is 0 Å². The van der Waals surface area contributed by atoms with E-state index in [0.29, 0.717) is 5.56 Å². The summed E-state index contributed by atoms with van der Waals surface area (Å²) in [5.74, 6) is -0.177. The van der Waals surface area contributed by atoms with E-state index in [0.717, 1.165) is 23.5 Å². The molecule has 21 heavy (non-hydrogen) atoms. The van der Waals surface area contributed by atoms with Gasteiger partial charge in [0.05, 0.1) is 0 Å². The van der Waals surface area contributed by atoms with Gasteiger partial charge in [0.25, 0.3) is 5.56 Å². The maximum absolute atomic E-state index is 12.5. The van der Waals surface area contributed by atoms with Crippen LogP contribution in [-0.4, -0.2) is 15.0 Å². The molecule has 2 heterocycles. The lowest BCUT2D eigenvalue weighted by atomic mass is 10.1. The minimum atomic E-state index is -4.53. The summed E-state index contributed by atoms with van der Waals surface area (Å²) in [6.07, 6.45) is -3.51. The van der Waals surface area contributed by atoms with Crippen molar-refractivity contribution in [1.82, 2.24) is 15.0 Å². The lowest BCUT2D eigenvalue weighted by Crippen LogP contribution is -2.19. The van der Waals surface area contributed by atoms with Gasteiger partial charge in [0.1, 0.15) is 5.69 Å². The first-order valence-electron chi connectivity index (χ1n) is 6.11. The number of aromatic amines is 1. The molecule has 0 saturated carbocycles. The van der Waals surface area contributed by atoms with Crippen molar-refractivity contribution >= 4 is 5.95 Å². The van der Waals surface area contributed by atoms with Gasteiger partial charge in [-0.05, 0) is 31.5 Å². The minimum Gasteiger partial charge on any atom is -0.350 e. The van der Waals surface area contributed by atoms with Crippen LogP contribution in [0.1, 0.15) is 22.5 Å². The largest absolute Gasteiger partial charge is 0.433 e. The van der Waals surface area contributed by atoms with Crippen molar-refractivity contribution in [3.05, 3.63) is 51.2 Å². The highest BCUT2D eigenvalue weighted by Crippen LogP contribution is 2.27. The van der Waals surface area contributed by atoms with Crippen molar-refractivity contribution in [2.24, 2.45) is 0 Å². The molecule has 0 radical (unpaired) electrons. The standard InChI is InChI=1S/C13H13F3N4O/c1-7-5-8(2)19-11(21)9(7)6-18-12-17-4-3-10(20-12)13(14,15)16/h3-5H,6H2,1-2H3,(H,19,21)(H,17,18,20). The Morgan fingerprint density at radius 3 is 2.67 bits per heavy atom. The van der Waals surface area contributed by atoms with Gasteiger partial charge in [-0.15, -0.1) is 0 Å². The van der Waals surface area contributed by atoms with Crippen LogP contribution in [0.15, 0.2) is 23.1 Å². The zero-order chi connectivity index (χ0) is 15.6. The Balaban J connectivity index is 2.20. The van der Waals surface area contributed by atoms with E-state index in [1.54, 1.807) is 19.9 Å². The number of aryl methyl sites for hydroxylation is 2. The highest BCUT2D eigenvalue weighted by molar-refractivity contribution is 5.32. The van der Waals surface area contributed by atoms with Crippen molar-refractivity contribution in [2.75, 3.05) is 5.32 Å². The smallest absolute Gasteiger partial charge is 0.350 e. The van der Waals surface area contributed by atoms with Crippen LogP contribution >= 0.6 is 0 Å². The van der Waals surface area contributed by atoms with Crippen molar-refractivity contribution in [3.63, 3.8) is 0 Å².